The van der Waals surface area contributed by atoms with Gasteiger partial charge in [0.2, 0.25) is 0 Å². The van der Waals surface area contributed by atoms with Crippen molar-refractivity contribution < 1.29 is 13.6 Å². The molecule has 2 atom stereocenters. The van der Waals surface area contributed by atoms with E-state index >= 15 is 0 Å². The molecule has 1 amide bonds. The van der Waals surface area contributed by atoms with Crippen LogP contribution < -0.4 is 10.6 Å². The highest BCUT2D eigenvalue weighted by atomic mass is 35.5. The Bertz CT molecular complexity index is 1020. The molecular weight excluding hydrogens is 412 g/mol. The van der Waals surface area contributed by atoms with E-state index in [0.717, 1.165) is 23.9 Å². The summed E-state index contributed by atoms with van der Waals surface area (Å²) in [5, 5.41) is 14.2. The van der Waals surface area contributed by atoms with E-state index in [9.17, 15) is 13.6 Å². The summed E-state index contributed by atoms with van der Waals surface area (Å²) in [7, 11) is 0. The van der Waals surface area contributed by atoms with Gasteiger partial charge in [0.1, 0.15) is 0 Å². The minimum absolute atomic E-state index is 0. The molecule has 3 aromatic rings. The van der Waals surface area contributed by atoms with Crippen LogP contribution in [0.5, 0.6) is 0 Å². The molecule has 1 aromatic heterocycles. The first-order valence-corrected chi connectivity index (χ1v) is 9.47. The molecule has 4 rings (SSSR count). The fourth-order valence-electron chi connectivity index (χ4n) is 3.59. The van der Waals surface area contributed by atoms with Gasteiger partial charge < -0.3 is 10.6 Å². The Hall–Kier alpha value is -2.84. The van der Waals surface area contributed by atoms with Crippen LogP contribution in [0.25, 0.3) is 5.69 Å². The molecular formula is C21H22ClF2N5O. The third-order valence-electron chi connectivity index (χ3n) is 5.19. The molecule has 2 unspecified atom stereocenters. The largest absolute Gasteiger partial charge is 0.346 e. The molecule has 0 spiro atoms. The van der Waals surface area contributed by atoms with Crippen LogP contribution in [0, 0.1) is 18.6 Å². The number of rotatable bonds is 4. The summed E-state index contributed by atoms with van der Waals surface area (Å²) in [6, 6.07) is 11.3. The van der Waals surface area contributed by atoms with Crippen molar-refractivity contribution in [2.24, 2.45) is 0 Å². The standard InChI is InChI=1S/C21H21F2N5O.ClH/c1-13-2-5-15(6-3-13)28-12-20(26-27-28)21(29)25-19-11-24-9-8-16(19)14-4-7-17(22)18(23)10-14;/h2-7,10,12,16,19,24H,8-9,11H2,1H3,(H,25,29);1H. The molecule has 2 aromatic carbocycles. The van der Waals surface area contributed by atoms with Crippen LogP contribution in [0.4, 0.5) is 8.78 Å². The van der Waals surface area contributed by atoms with Gasteiger partial charge in [0, 0.05) is 18.5 Å². The Labute approximate surface area is 179 Å². The SMILES string of the molecule is Cc1ccc(-n2cc(C(=O)NC3CNCCC3c3ccc(F)c(F)c3)nn2)cc1.Cl. The van der Waals surface area contributed by atoms with E-state index in [1.165, 1.54) is 6.07 Å². The number of aryl methyl sites for hydroxylation is 1. The summed E-state index contributed by atoms with van der Waals surface area (Å²) in [5.41, 5.74) is 2.79. The van der Waals surface area contributed by atoms with Gasteiger partial charge in [0.25, 0.3) is 5.91 Å². The van der Waals surface area contributed by atoms with Gasteiger partial charge >= 0.3 is 0 Å². The molecule has 30 heavy (non-hydrogen) atoms. The normalized spacial score (nSPS) is 18.5. The van der Waals surface area contributed by atoms with Gasteiger partial charge in [-0.15, -0.1) is 17.5 Å². The van der Waals surface area contributed by atoms with Crippen LogP contribution in [-0.2, 0) is 0 Å². The average molecular weight is 434 g/mol. The molecule has 1 aliphatic heterocycles. The Morgan fingerprint density at radius 1 is 1.17 bits per heavy atom. The van der Waals surface area contributed by atoms with Gasteiger partial charge in [-0.2, -0.15) is 0 Å². The maximum Gasteiger partial charge on any atom is 0.273 e. The molecule has 1 fully saturated rings. The molecule has 2 N–H and O–H groups in total. The quantitative estimate of drug-likeness (QED) is 0.663. The van der Waals surface area contributed by atoms with Crippen molar-refractivity contribution in [2.45, 2.75) is 25.3 Å². The number of hydrogen-bond acceptors (Lipinski definition) is 4. The highest BCUT2D eigenvalue weighted by Crippen LogP contribution is 2.27. The maximum atomic E-state index is 13.7. The van der Waals surface area contributed by atoms with E-state index in [1.807, 2.05) is 31.2 Å². The van der Waals surface area contributed by atoms with Gasteiger partial charge in [0.05, 0.1) is 11.9 Å². The van der Waals surface area contributed by atoms with Gasteiger partial charge in [0.15, 0.2) is 17.3 Å². The van der Waals surface area contributed by atoms with Crippen LogP contribution in [0.3, 0.4) is 0 Å². The third-order valence-corrected chi connectivity index (χ3v) is 5.19. The first-order valence-electron chi connectivity index (χ1n) is 9.47. The average Bonchev–Trinajstić information content (AvgIpc) is 3.21. The lowest BCUT2D eigenvalue weighted by Gasteiger charge is -2.33. The number of carbonyl (C=O) groups is 1. The van der Waals surface area contributed by atoms with Crippen LogP contribution in [0.1, 0.15) is 34.0 Å². The molecule has 2 heterocycles. The Balaban J connectivity index is 0.00000256. The van der Waals surface area contributed by atoms with Gasteiger partial charge in [-0.25, -0.2) is 13.5 Å². The second kappa shape index (κ2) is 9.32. The molecule has 0 radical (unpaired) electrons. The maximum absolute atomic E-state index is 13.7. The van der Waals surface area contributed by atoms with Crippen LogP contribution in [0.2, 0.25) is 0 Å². The number of amides is 1. The van der Waals surface area contributed by atoms with Crippen molar-refractivity contribution in [3.8, 4) is 5.69 Å². The smallest absolute Gasteiger partial charge is 0.273 e. The monoisotopic (exact) mass is 433 g/mol. The summed E-state index contributed by atoms with van der Waals surface area (Å²) in [6.45, 7) is 3.26. The number of carbonyl (C=O) groups excluding carboxylic acids is 1. The van der Waals surface area contributed by atoms with Crippen LogP contribution in [-0.4, -0.2) is 40.0 Å². The summed E-state index contributed by atoms with van der Waals surface area (Å²) >= 11 is 0. The molecule has 158 valence electrons. The zero-order chi connectivity index (χ0) is 20.4. The lowest BCUT2D eigenvalue weighted by molar-refractivity contribution is 0.0919. The van der Waals surface area contributed by atoms with Crippen molar-refractivity contribution in [3.05, 3.63) is 77.1 Å². The Morgan fingerprint density at radius 3 is 2.67 bits per heavy atom. The van der Waals surface area contributed by atoms with E-state index in [-0.39, 0.29) is 36.0 Å². The zero-order valence-corrected chi connectivity index (χ0v) is 17.1. The van der Waals surface area contributed by atoms with Crippen molar-refractivity contribution >= 4 is 18.3 Å². The number of halogens is 3. The second-order valence-corrected chi connectivity index (χ2v) is 7.24. The number of hydrogen-bond donors (Lipinski definition) is 2. The summed E-state index contributed by atoms with van der Waals surface area (Å²) in [4.78, 5) is 12.7. The number of nitrogens with one attached hydrogen (secondary N) is 2. The number of piperidine rings is 1. The summed E-state index contributed by atoms with van der Waals surface area (Å²) in [5.74, 6) is -2.24. The molecule has 0 bridgehead atoms. The lowest BCUT2D eigenvalue weighted by atomic mass is 9.86. The van der Waals surface area contributed by atoms with E-state index in [0.29, 0.717) is 18.5 Å². The Kier molecular flexibility index (Phi) is 6.79. The highest BCUT2D eigenvalue weighted by Gasteiger charge is 2.29. The minimum Gasteiger partial charge on any atom is -0.346 e. The summed E-state index contributed by atoms with van der Waals surface area (Å²) < 4.78 is 28.5. The van der Waals surface area contributed by atoms with Crippen molar-refractivity contribution in [1.82, 2.24) is 25.6 Å². The van der Waals surface area contributed by atoms with E-state index in [4.69, 9.17) is 0 Å². The predicted molar refractivity (Wildman–Crippen MR) is 111 cm³/mol. The van der Waals surface area contributed by atoms with Crippen molar-refractivity contribution in [2.75, 3.05) is 13.1 Å². The van der Waals surface area contributed by atoms with Crippen molar-refractivity contribution in [1.29, 1.82) is 0 Å². The van der Waals surface area contributed by atoms with Gasteiger partial charge in [-0.3, -0.25) is 4.79 Å². The first-order chi connectivity index (χ1) is 14.0. The number of nitrogens with zero attached hydrogens (tertiary/aromatic N) is 3. The number of aromatic nitrogens is 3. The third kappa shape index (κ3) is 4.66. The number of benzene rings is 2. The van der Waals surface area contributed by atoms with Gasteiger partial charge in [-0.05, 0) is 49.7 Å². The second-order valence-electron chi connectivity index (χ2n) is 7.24. The molecule has 1 saturated heterocycles. The minimum atomic E-state index is -0.882. The predicted octanol–water partition coefficient (Wildman–Crippen LogP) is 3.15. The summed E-state index contributed by atoms with van der Waals surface area (Å²) in [6.07, 6.45) is 2.27. The highest BCUT2D eigenvalue weighted by molar-refractivity contribution is 5.92. The fraction of sp³-hybridized carbons (Fsp3) is 0.286. The van der Waals surface area contributed by atoms with E-state index < -0.39 is 11.6 Å². The topological polar surface area (TPSA) is 71.8 Å². The van der Waals surface area contributed by atoms with Gasteiger partial charge in [-0.1, -0.05) is 29.0 Å². The molecule has 0 aliphatic carbocycles. The van der Waals surface area contributed by atoms with Crippen LogP contribution >= 0.6 is 12.4 Å². The van der Waals surface area contributed by atoms with Crippen molar-refractivity contribution in [3.63, 3.8) is 0 Å². The molecule has 1 aliphatic rings. The fourth-order valence-corrected chi connectivity index (χ4v) is 3.59. The molecule has 0 saturated carbocycles. The van der Waals surface area contributed by atoms with E-state index in [1.54, 1.807) is 16.9 Å². The zero-order valence-electron chi connectivity index (χ0n) is 16.3. The molecule has 9 heteroatoms. The first kappa shape index (κ1) is 21.9. The van der Waals surface area contributed by atoms with E-state index in [2.05, 4.69) is 20.9 Å². The van der Waals surface area contributed by atoms with Crippen LogP contribution in [0.15, 0.2) is 48.7 Å². The molecule has 6 nitrogen and oxygen atoms in total. The Morgan fingerprint density at radius 2 is 1.93 bits per heavy atom. The lowest BCUT2D eigenvalue weighted by Crippen LogP contribution is -2.50.